The fourth-order valence-corrected chi connectivity index (χ4v) is 1.23. The summed E-state index contributed by atoms with van der Waals surface area (Å²) in [5, 5.41) is 10.5. The first kappa shape index (κ1) is 7.72. The van der Waals surface area contributed by atoms with E-state index in [0.717, 1.165) is 5.56 Å². The van der Waals surface area contributed by atoms with E-state index in [-0.39, 0.29) is 5.69 Å². The second-order valence-electron chi connectivity index (χ2n) is 2.72. The second kappa shape index (κ2) is 2.55. The predicted molar refractivity (Wildman–Crippen MR) is 45.4 cm³/mol. The average molecular weight is 178 g/mol. The number of nitrogens with zero attached hydrogens (tertiary/aromatic N) is 2. The Kier molecular flexibility index (Phi) is 1.51. The zero-order valence-corrected chi connectivity index (χ0v) is 6.85. The number of nitro benzene ring substituents is 1. The smallest absolute Gasteiger partial charge is 0.272 e. The van der Waals surface area contributed by atoms with Gasteiger partial charge in [-0.2, -0.15) is 0 Å². The molecule has 5 nitrogen and oxygen atoms in total. The molecule has 0 N–H and O–H groups in total. The maximum Gasteiger partial charge on any atom is 0.272 e. The molecule has 0 spiro atoms. The van der Waals surface area contributed by atoms with Crippen LogP contribution in [0.1, 0.15) is 5.56 Å². The van der Waals surface area contributed by atoms with Gasteiger partial charge >= 0.3 is 0 Å². The summed E-state index contributed by atoms with van der Waals surface area (Å²) in [7, 11) is 0. The Hall–Kier alpha value is -1.91. The molecule has 0 aliphatic heterocycles. The van der Waals surface area contributed by atoms with Gasteiger partial charge in [0.2, 0.25) is 0 Å². The van der Waals surface area contributed by atoms with Crippen LogP contribution >= 0.6 is 0 Å². The Morgan fingerprint density at radius 1 is 1.54 bits per heavy atom. The van der Waals surface area contributed by atoms with Gasteiger partial charge in [0.1, 0.15) is 5.52 Å². The van der Waals surface area contributed by atoms with Crippen molar-refractivity contribution in [3.8, 4) is 0 Å². The van der Waals surface area contributed by atoms with E-state index in [2.05, 4.69) is 4.98 Å². The number of benzene rings is 1. The standard InChI is InChI=1S/C8H6N2O3/c1-5-2-6(10(11)12)3-7-8(5)13-4-9-7/h2-4H,1H3. The maximum absolute atomic E-state index is 10.5. The molecule has 0 saturated carbocycles. The third-order valence-electron chi connectivity index (χ3n) is 1.81. The van der Waals surface area contributed by atoms with Crippen molar-refractivity contribution in [2.75, 3.05) is 0 Å². The fraction of sp³-hybridized carbons (Fsp3) is 0.125. The highest BCUT2D eigenvalue weighted by molar-refractivity contribution is 5.78. The highest BCUT2D eigenvalue weighted by atomic mass is 16.6. The SMILES string of the molecule is Cc1cc([N+](=O)[O-])cc2ncoc12. The van der Waals surface area contributed by atoms with Crippen LogP contribution in [0.15, 0.2) is 22.9 Å². The molecule has 0 aliphatic rings. The van der Waals surface area contributed by atoms with Crippen molar-refractivity contribution in [3.63, 3.8) is 0 Å². The summed E-state index contributed by atoms with van der Waals surface area (Å²) in [6.07, 6.45) is 1.28. The zero-order valence-electron chi connectivity index (χ0n) is 6.85. The lowest BCUT2D eigenvalue weighted by molar-refractivity contribution is -0.384. The first-order valence-electron chi connectivity index (χ1n) is 3.67. The van der Waals surface area contributed by atoms with Crippen molar-refractivity contribution in [3.05, 3.63) is 34.2 Å². The minimum absolute atomic E-state index is 0.0406. The summed E-state index contributed by atoms with van der Waals surface area (Å²) in [5.74, 6) is 0. The molecule has 0 fully saturated rings. The first-order chi connectivity index (χ1) is 6.18. The summed E-state index contributed by atoms with van der Waals surface area (Å²) in [6.45, 7) is 1.75. The van der Waals surface area contributed by atoms with Crippen LogP contribution in [0.5, 0.6) is 0 Å². The second-order valence-corrected chi connectivity index (χ2v) is 2.72. The molecule has 0 bridgehead atoms. The summed E-state index contributed by atoms with van der Waals surface area (Å²) in [4.78, 5) is 13.9. The van der Waals surface area contributed by atoms with E-state index in [1.54, 1.807) is 6.92 Å². The maximum atomic E-state index is 10.5. The number of nitro groups is 1. The summed E-state index contributed by atoms with van der Waals surface area (Å²) < 4.78 is 5.05. The van der Waals surface area contributed by atoms with E-state index >= 15 is 0 Å². The number of hydrogen-bond acceptors (Lipinski definition) is 4. The van der Waals surface area contributed by atoms with Crippen molar-refractivity contribution in [2.45, 2.75) is 6.92 Å². The molecule has 0 saturated heterocycles. The zero-order chi connectivity index (χ0) is 9.42. The Balaban J connectivity index is 2.77. The minimum atomic E-state index is -0.443. The van der Waals surface area contributed by atoms with Gasteiger partial charge in [0.05, 0.1) is 4.92 Å². The highest BCUT2D eigenvalue weighted by Crippen LogP contribution is 2.23. The molecule has 0 unspecified atom stereocenters. The molecule has 66 valence electrons. The summed E-state index contributed by atoms with van der Waals surface area (Å²) in [6, 6.07) is 2.86. The van der Waals surface area contributed by atoms with Gasteiger partial charge in [0.15, 0.2) is 12.0 Å². The van der Waals surface area contributed by atoms with Crippen LogP contribution in [-0.4, -0.2) is 9.91 Å². The van der Waals surface area contributed by atoms with E-state index in [1.807, 2.05) is 0 Å². The number of oxazole rings is 1. The molecule has 0 atom stereocenters. The van der Waals surface area contributed by atoms with E-state index in [1.165, 1.54) is 18.5 Å². The normalized spacial score (nSPS) is 10.5. The molecule has 1 aromatic carbocycles. The van der Waals surface area contributed by atoms with Crippen LogP contribution in [0.4, 0.5) is 5.69 Å². The van der Waals surface area contributed by atoms with E-state index in [9.17, 15) is 10.1 Å². The average Bonchev–Trinajstić information content (AvgIpc) is 2.51. The van der Waals surface area contributed by atoms with Gasteiger partial charge in [-0.15, -0.1) is 0 Å². The van der Waals surface area contributed by atoms with Gasteiger partial charge < -0.3 is 4.42 Å². The van der Waals surface area contributed by atoms with Crippen molar-refractivity contribution in [1.82, 2.24) is 4.98 Å². The number of fused-ring (bicyclic) bond motifs is 1. The Bertz CT molecular complexity index is 475. The third kappa shape index (κ3) is 1.14. The van der Waals surface area contributed by atoms with Gasteiger partial charge in [-0.25, -0.2) is 4.98 Å². The minimum Gasteiger partial charge on any atom is -0.443 e. The quantitative estimate of drug-likeness (QED) is 0.495. The monoisotopic (exact) mass is 178 g/mol. The first-order valence-corrected chi connectivity index (χ1v) is 3.67. The van der Waals surface area contributed by atoms with Crippen LogP contribution < -0.4 is 0 Å². The molecule has 1 aromatic heterocycles. The van der Waals surface area contributed by atoms with Crippen LogP contribution in [0.2, 0.25) is 0 Å². The van der Waals surface area contributed by atoms with Crippen LogP contribution in [0, 0.1) is 17.0 Å². The van der Waals surface area contributed by atoms with Gasteiger partial charge in [-0.1, -0.05) is 0 Å². The van der Waals surface area contributed by atoms with Gasteiger partial charge in [0.25, 0.3) is 5.69 Å². The number of non-ortho nitro benzene ring substituents is 1. The molecular weight excluding hydrogens is 172 g/mol. The molecule has 0 radical (unpaired) electrons. The Morgan fingerprint density at radius 2 is 2.31 bits per heavy atom. The lowest BCUT2D eigenvalue weighted by Crippen LogP contribution is -1.88. The van der Waals surface area contributed by atoms with Crippen LogP contribution in [0.25, 0.3) is 11.1 Å². The number of aryl methyl sites for hydroxylation is 1. The Labute approximate surface area is 73.1 Å². The van der Waals surface area contributed by atoms with Gasteiger partial charge in [-0.3, -0.25) is 10.1 Å². The van der Waals surface area contributed by atoms with Crippen molar-refractivity contribution < 1.29 is 9.34 Å². The fourth-order valence-electron chi connectivity index (χ4n) is 1.23. The van der Waals surface area contributed by atoms with Crippen molar-refractivity contribution in [1.29, 1.82) is 0 Å². The van der Waals surface area contributed by atoms with E-state index < -0.39 is 4.92 Å². The number of rotatable bonds is 1. The van der Waals surface area contributed by atoms with Crippen molar-refractivity contribution >= 4 is 16.8 Å². The number of aromatic nitrogens is 1. The molecule has 0 amide bonds. The number of hydrogen-bond donors (Lipinski definition) is 0. The van der Waals surface area contributed by atoms with Gasteiger partial charge in [-0.05, 0) is 6.92 Å². The van der Waals surface area contributed by atoms with Gasteiger partial charge in [0, 0.05) is 17.7 Å². The molecule has 2 aromatic rings. The predicted octanol–water partition coefficient (Wildman–Crippen LogP) is 2.04. The molecule has 13 heavy (non-hydrogen) atoms. The lowest BCUT2D eigenvalue weighted by atomic mass is 10.2. The molecular formula is C8H6N2O3. The summed E-state index contributed by atoms with van der Waals surface area (Å²) in [5.41, 5.74) is 1.89. The van der Waals surface area contributed by atoms with Crippen molar-refractivity contribution in [2.24, 2.45) is 0 Å². The largest absolute Gasteiger partial charge is 0.443 e. The third-order valence-corrected chi connectivity index (χ3v) is 1.81. The molecule has 2 rings (SSSR count). The Morgan fingerprint density at radius 3 is 3.00 bits per heavy atom. The topological polar surface area (TPSA) is 69.2 Å². The molecule has 1 heterocycles. The lowest BCUT2D eigenvalue weighted by Gasteiger charge is -1.93. The highest BCUT2D eigenvalue weighted by Gasteiger charge is 2.11. The van der Waals surface area contributed by atoms with Crippen LogP contribution in [-0.2, 0) is 0 Å². The van der Waals surface area contributed by atoms with E-state index in [4.69, 9.17) is 4.42 Å². The van der Waals surface area contributed by atoms with E-state index in [0.29, 0.717) is 11.1 Å². The molecule has 5 heteroatoms. The summed E-state index contributed by atoms with van der Waals surface area (Å²) >= 11 is 0. The van der Waals surface area contributed by atoms with Crippen LogP contribution in [0.3, 0.4) is 0 Å². The molecule has 0 aliphatic carbocycles.